The molecular weight excluding hydrogens is 298 g/mol. The number of amides is 1. The van der Waals surface area contributed by atoms with Crippen molar-refractivity contribution < 1.29 is 18.7 Å². The van der Waals surface area contributed by atoms with Gasteiger partial charge >= 0.3 is 12.0 Å². The number of aromatic nitrogens is 2. The lowest BCUT2D eigenvalue weighted by Crippen LogP contribution is -2.27. The smallest absolute Gasteiger partial charge is 0.338 e. The van der Waals surface area contributed by atoms with E-state index in [1.807, 2.05) is 0 Å². The third kappa shape index (κ3) is 4.15. The zero-order valence-electron chi connectivity index (χ0n) is 13.5. The highest BCUT2D eigenvalue weighted by Gasteiger charge is 2.23. The van der Waals surface area contributed by atoms with Gasteiger partial charge in [0.25, 0.3) is 0 Å². The van der Waals surface area contributed by atoms with Crippen LogP contribution in [-0.4, -0.2) is 28.7 Å². The Balaban J connectivity index is 2.11. The van der Waals surface area contributed by atoms with Crippen molar-refractivity contribution in [1.29, 1.82) is 0 Å². The van der Waals surface area contributed by atoms with Gasteiger partial charge in [-0.1, -0.05) is 25.9 Å². The van der Waals surface area contributed by atoms with E-state index >= 15 is 0 Å². The quantitative estimate of drug-likeness (QED) is 0.871. The fraction of sp³-hybridized carbons (Fsp3) is 0.375. The SMILES string of the molecule is CCOC(=O)c1ccc(-c2nnc(NC(=O)C(C)(C)C)o2)cc1. The zero-order chi connectivity index (χ0) is 17.0. The minimum absolute atomic E-state index is 0.0365. The second-order valence-electron chi connectivity index (χ2n) is 5.91. The van der Waals surface area contributed by atoms with Crippen LogP contribution in [0.5, 0.6) is 0 Å². The van der Waals surface area contributed by atoms with Crippen molar-refractivity contribution in [3.8, 4) is 11.5 Å². The molecule has 2 rings (SSSR count). The molecule has 1 heterocycles. The third-order valence-corrected chi connectivity index (χ3v) is 2.97. The van der Waals surface area contributed by atoms with Gasteiger partial charge < -0.3 is 9.15 Å². The van der Waals surface area contributed by atoms with Gasteiger partial charge in [-0.3, -0.25) is 10.1 Å². The van der Waals surface area contributed by atoms with Crippen molar-refractivity contribution in [2.75, 3.05) is 11.9 Å². The first kappa shape index (κ1) is 16.7. The van der Waals surface area contributed by atoms with E-state index in [-0.39, 0.29) is 23.8 Å². The van der Waals surface area contributed by atoms with Crippen LogP contribution in [0.4, 0.5) is 6.01 Å². The first-order valence-electron chi connectivity index (χ1n) is 7.23. The van der Waals surface area contributed by atoms with Crippen LogP contribution in [-0.2, 0) is 9.53 Å². The molecule has 7 heteroatoms. The van der Waals surface area contributed by atoms with Gasteiger partial charge in [0.1, 0.15) is 0 Å². The Morgan fingerprint density at radius 1 is 1.17 bits per heavy atom. The summed E-state index contributed by atoms with van der Waals surface area (Å²) in [5.41, 5.74) is 0.522. The molecule has 0 aliphatic carbocycles. The molecule has 0 saturated carbocycles. The molecule has 23 heavy (non-hydrogen) atoms. The van der Waals surface area contributed by atoms with E-state index in [9.17, 15) is 9.59 Å². The summed E-state index contributed by atoms with van der Waals surface area (Å²) < 4.78 is 10.3. The van der Waals surface area contributed by atoms with Gasteiger partial charge in [-0.15, -0.1) is 5.10 Å². The van der Waals surface area contributed by atoms with E-state index in [0.717, 1.165) is 0 Å². The standard InChI is InChI=1S/C16H19N3O4/c1-5-22-13(20)11-8-6-10(7-9-11)12-18-19-15(23-12)17-14(21)16(2,3)4/h6-9H,5H2,1-4H3,(H,17,19,21). The van der Waals surface area contributed by atoms with E-state index in [1.54, 1.807) is 52.0 Å². The van der Waals surface area contributed by atoms with Crippen LogP contribution < -0.4 is 5.32 Å². The average molecular weight is 317 g/mol. The molecule has 0 unspecified atom stereocenters. The maximum atomic E-state index is 11.9. The predicted octanol–water partition coefficient (Wildman–Crippen LogP) is 2.90. The second-order valence-corrected chi connectivity index (χ2v) is 5.91. The first-order chi connectivity index (χ1) is 10.8. The normalized spacial score (nSPS) is 11.1. The van der Waals surface area contributed by atoms with Gasteiger partial charge in [0.15, 0.2) is 0 Å². The van der Waals surface area contributed by atoms with Crippen molar-refractivity contribution in [3.05, 3.63) is 29.8 Å². The molecule has 0 fully saturated rings. The van der Waals surface area contributed by atoms with Crippen LogP contribution >= 0.6 is 0 Å². The fourth-order valence-electron chi connectivity index (χ4n) is 1.64. The Kier molecular flexibility index (Phi) is 4.78. The number of nitrogens with zero attached hydrogens (tertiary/aromatic N) is 2. The summed E-state index contributed by atoms with van der Waals surface area (Å²) in [7, 11) is 0. The van der Waals surface area contributed by atoms with Crippen LogP contribution in [0.1, 0.15) is 38.1 Å². The minimum Gasteiger partial charge on any atom is -0.462 e. The van der Waals surface area contributed by atoms with Gasteiger partial charge in [0.2, 0.25) is 11.8 Å². The van der Waals surface area contributed by atoms with E-state index in [4.69, 9.17) is 9.15 Å². The van der Waals surface area contributed by atoms with E-state index in [0.29, 0.717) is 17.7 Å². The molecule has 122 valence electrons. The monoisotopic (exact) mass is 317 g/mol. The van der Waals surface area contributed by atoms with Crippen molar-refractivity contribution in [2.45, 2.75) is 27.7 Å². The molecule has 0 spiro atoms. The lowest BCUT2D eigenvalue weighted by atomic mass is 9.96. The van der Waals surface area contributed by atoms with Crippen molar-refractivity contribution >= 4 is 17.9 Å². The molecule has 1 aromatic heterocycles. The lowest BCUT2D eigenvalue weighted by molar-refractivity contribution is -0.123. The first-order valence-corrected chi connectivity index (χ1v) is 7.23. The minimum atomic E-state index is -0.560. The molecule has 0 saturated heterocycles. The highest BCUT2D eigenvalue weighted by molar-refractivity contribution is 5.92. The van der Waals surface area contributed by atoms with Crippen LogP contribution in [0.25, 0.3) is 11.5 Å². The zero-order valence-corrected chi connectivity index (χ0v) is 13.5. The number of hydrogen-bond acceptors (Lipinski definition) is 6. The highest BCUT2D eigenvalue weighted by atomic mass is 16.5. The topological polar surface area (TPSA) is 94.3 Å². The molecule has 1 N–H and O–H groups in total. The summed E-state index contributed by atoms with van der Waals surface area (Å²) in [6.07, 6.45) is 0. The summed E-state index contributed by atoms with van der Waals surface area (Å²) >= 11 is 0. The van der Waals surface area contributed by atoms with Gasteiger partial charge in [-0.2, -0.15) is 0 Å². The second kappa shape index (κ2) is 6.60. The van der Waals surface area contributed by atoms with Gasteiger partial charge in [0, 0.05) is 11.0 Å². The Morgan fingerprint density at radius 3 is 2.39 bits per heavy atom. The lowest BCUT2D eigenvalue weighted by Gasteiger charge is -2.15. The van der Waals surface area contributed by atoms with Gasteiger partial charge in [-0.05, 0) is 31.2 Å². The summed E-state index contributed by atoms with van der Waals surface area (Å²) in [5, 5.41) is 10.2. The average Bonchev–Trinajstić information content (AvgIpc) is 2.95. The van der Waals surface area contributed by atoms with Crippen molar-refractivity contribution in [3.63, 3.8) is 0 Å². The molecule has 2 aromatic rings. The number of nitrogens with one attached hydrogen (secondary N) is 1. The Morgan fingerprint density at radius 2 is 1.83 bits per heavy atom. The molecular formula is C16H19N3O4. The highest BCUT2D eigenvalue weighted by Crippen LogP contribution is 2.22. The maximum Gasteiger partial charge on any atom is 0.338 e. The summed E-state index contributed by atoms with van der Waals surface area (Å²) in [5.74, 6) is -0.349. The van der Waals surface area contributed by atoms with E-state index in [2.05, 4.69) is 15.5 Å². The summed E-state index contributed by atoms with van der Waals surface area (Å²) in [4.78, 5) is 23.5. The van der Waals surface area contributed by atoms with Crippen molar-refractivity contribution in [2.24, 2.45) is 5.41 Å². The van der Waals surface area contributed by atoms with E-state index < -0.39 is 5.41 Å². The molecule has 0 bridgehead atoms. The Hall–Kier alpha value is -2.70. The largest absolute Gasteiger partial charge is 0.462 e. The van der Waals surface area contributed by atoms with Crippen LogP contribution in [0.2, 0.25) is 0 Å². The molecule has 0 radical (unpaired) electrons. The van der Waals surface area contributed by atoms with Gasteiger partial charge in [-0.25, -0.2) is 4.79 Å². The molecule has 0 atom stereocenters. The summed E-state index contributed by atoms with van der Waals surface area (Å²) in [6.45, 7) is 7.42. The number of esters is 1. The molecule has 1 amide bonds. The molecule has 0 aliphatic rings. The number of rotatable bonds is 4. The number of hydrogen-bond donors (Lipinski definition) is 1. The Labute approximate surface area is 134 Å². The van der Waals surface area contributed by atoms with Gasteiger partial charge in [0.05, 0.1) is 12.2 Å². The fourth-order valence-corrected chi connectivity index (χ4v) is 1.64. The summed E-state index contributed by atoms with van der Waals surface area (Å²) in [6, 6.07) is 6.62. The number of carbonyl (C=O) groups excluding carboxylic acids is 2. The number of ether oxygens (including phenoxy) is 1. The molecule has 7 nitrogen and oxygen atoms in total. The molecule has 1 aromatic carbocycles. The predicted molar refractivity (Wildman–Crippen MR) is 83.8 cm³/mol. The van der Waals surface area contributed by atoms with Crippen LogP contribution in [0.15, 0.2) is 28.7 Å². The number of benzene rings is 1. The third-order valence-electron chi connectivity index (χ3n) is 2.97. The maximum absolute atomic E-state index is 11.9. The van der Waals surface area contributed by atoms with Crippen LogP contribution in [0, 0.1) is 5.41 Å². The van der Waals surface area contributed by atoms with Crippen LogP contribution in [0.3, 0.4) is 0 Å². The van der Waals surface area contributed by atoms with E-state index in [1.165, 1.54) is 0 Å². The van der Waals surface area contributed by atoms with Crippen molar-refractivity contribution in [1.82, 2.24) is 10.2 Å². The number of anilines is 1. The Bertz CT molecular complexity index is 699. The number of carbonyl (C=O) groups is 2. The molecule has 0 aliphatic heterocycles.